The number of halogens is 3. The average molecular weight is 444 g/mol. The summed E-state index contributed by atoms with van der Waals surface area (Å²) in [7, 11) is 0. The van der Waals surface area contributed by atoms with Crippen LogP contribution in [0.4, 0.5) is 13.2 Å². The maximum absolute atomic E-state index is 13.8. The molecule has 168 valence electrons. The van der Waals surface area contributed by atoms with Gasteiger partial charge in [0.25, 0.3) is 5.91 Å². The molecule has 1 aromatic heterocycles. The first-order valence-corrected chi connectivity index (χ1v) is 10.0. The van der Waals surface area contributed by atoms with Crippen LogP contribution in [0.2, 0.25) is 0 Å². The Kier molecular flexibility index (Phi) is 6.97. The third-order valence-electron chi connectivity index (χ3n) is 4.98. The summed E-state index contributed by atoms with van der Waals surface area (Å²) < 4.78 is 42.2. The molecule has 0 unspecified atom stereocenters. The van der Waals surface area contributed by atoms with Crippen molar-refractivity contribution in [1.29, 1.82) is 0 Å². The molecule has 0 bridgehead atoms. The normalized spacial score (nSPS) is 11.3. The number of carbonyl (C=O) groups excluding carboxylic acids is 2. The predicted molar refractivity (Wildman–Crippen MR) is 113 cm³/mol. The summed E-state index contributed by atoms with van der Waals surface area (Å²) >= 11 is 0. The number of amides is 2. The lowest BCUT2D eigenvalue weighted by Crippen LogP contribution is -2.40. The Labute approximate surface area is 183 Å². The Balaban J connectivity index is 1.78. The average Bonchev–Trinajstić information content (AvgIpc) is 3.22. The van der Waals surface area contributed by atoms with Crippen molar-refractivity contribution in [1.82, 2.24) is 20.0 Å². The van der Waals surface area contributed by atoms with Gasteiger partial charge in [0.15, 0.2) is 5.69 Å². The SMILES string of the molecule is CCN(Cc1ccccc1)C(=O)CNC(=O)c1cnn(-c2ccccc2C)c1C(F)(F)F. The summed E-state index contributed by atoms with van der Waals surface area (Å²) in [4.78, 5) is 26.6. The molecule has 0 saturated carbocycles. The monoisotopic (exact) mass is 444 g/mol. The van der Waals surface area contributed by atoms with E-state index in [1.165, 1.54) is 11.0 Å². The first kappa shape index (κ1) is 23.1. The lowest BCUT2D eigenvalue weighted by Gasteiger charge is -2.21. The summed E-state index contributed by atoms with van der Waals surface area (Å²) in [5.74, 6) is -1.41. The third-order valence-corrected chi connectivity index (χ3v) is 4.98. The Bertz CT molecular complexity index is 1090. The number of benzene rings is 2. The lowest BCUT2D eigenvalue weighted by molar-refractivity contribution is -0.143. The molecule has 1 heterocycles. The van der Waals surface area contributed by atoms with E-state index in [1.54, 1.807) is 32.0 Å². The van der Waals surface area contributed by atoms with Crippen molar-refractivity contribution >= 4 is 11.8 Å². The molecule has 32 heavy (non-hydrogen) atoms. The van der Waals surface area contributed by atoms with Gasteiger partial charge in [0.2, 0.25) is 5.91 Å². The number of hydrogen-bond donors (Lipinski definition) is 1. The Morgan fingerprint density at radius 3 is 2.34 bits per heavy atom. The van der Waals surface area contributed by atoms with Crippen molar-refractivity contribution in [3.63, 3.8) is 0 Å². The minimum absolute atomic E-state index is 0.218. The third kappa shape index (κ3) is 5.16. The van der Waals surface area contributed by atoms with E-state index in [4.69, 9.17) is 0 Å². The quantitative estimate of drug-likeness (QED) is 0.600. The number of nitrogens with zero attached hydrogens (tertiary/aromatic N) is 3. The van der Waals surface area contributed by atoms with E-state index in [0.29, 0.717) is 23.3 Å². The molecule has 1 N–H and O–H groups in total. The molecule has 3 rings (SSSR count). The minimum atomic E-state index is -4.82. The van der Waals surface area contributed by atoms with Gasteiger partial charge in [0.1, 0.15) is 0 Å². The van der Waals surface area contributed by atoms with E-state index in [1.807, 2.05) is 30.3 Å². The van der Waals surface area contributed by atoms with Gasteiger partial charge < -0.3 is 10.2 Å². The molecular weight excluding hydrogens is 421 g/mol. The molecule has 0 radical (unpaired) electrons. The van der Waals surface area contributed by atoms with Crippen molar-refractivity contribution in [2.24, 2.45) is 0 Å². The predicted octanol–water partition coefficient (Wildman–Crippen LogP) is 3.98. The van der Waals surface area contributed by atoms with Crippen LogP contribution in [0.3, 0.4) is 0 Å². The number of likely N-dealkylation sites (N-methyl/N-ethyl adjacent to an activating group) is 1. The highest BCUT2D eigenvalue weighted by Gasteiger charge is 2.40. The molecule has 0 spiro atoms. The largest absolute Gasteiger partial charge is 0.434 e. The Hall–Kier alpha value is -3.62. The highest BCUT2D eigenvalue weighted by atomic mass is 19.4. The number of rotatable bonds is 7. The van der Waals surface area contributed by atoms with Crippen LogP contribution in [-0.4, -0.2) is 39.6 Å². The molecular formula is C23H23F3N4O2. The van der Waals surface area contributed by atoms with Gasteiger partial charge in [-0.15, -0.1) is 0 Å². The highest BCUT2D eigenvalue weighted by Crippen LogP contribution is 2.34. The number of hydrogen-bond acceptors (Lipinski definition) is 3. The standard InChI is InChI=1S/C23H23F3N4O2/c1-3-29(15-17-10-5-4-6-11-17)20(31)14-27-22(32)18-13-28-30(21(18)23(24,25)26)19-12-8-7-9-16(19)2/h4-13H,3,14-15H2,1-2H3,(H,27,32). The molecule has 6 nitrogen and oxygen atoms in total. The first-order valence-electron chi connectivity index (χ1n) is 10.0. The number of nitrogens with one attached hydrogen (secondary N) is 1. The van der Waals surface area contributed by atoms with Crippen LogP contribution in [-0.2, 0) is 17.5 Å². The number of aromatic nitrogens is 2. The second-order valence-corrected chi connectivity index (χ2v) is 7.18. The van der Waals surface area contributed by atoms with E-state index in [9.17, 15) is 22.8 Å². The smallest absolute Gasteiger partial charge is 0.343 e. The highest BCUT2D eigenvalue weighted by molar-refractivity contribution is 5.97. The number of aryl methyl sites for hydroxylation is 1. The van der Waals surface area contributed by atoms with Gasteiger partial charge in [-0.3, -0.25) is 9.59 Å². The zero-order valence-corrected chi connectivity index (χ0v) is 17.7. The summed E-state index contributed by atoms with van der Waals surface area (Å²) in [5, 5.41) is 6.12. The van der Waals surface area contributed by atoms with E-state index in [0.717, 1.165) is 11.8 Å². The van der Waals surface area contributed by atoms with Gasteiger partial charge in [0, 0.05) is 13.1 Å². The molecule has 2 amide bonds. The van der Waals surface area contributed by atoms with Crippen LogP contribution < -0.4 is 5.32 Å². The number of para-hydroxylation sites is 1. The summed E-state index contributed by atoms with van der Waals surface area (Å²) in [6, 6.07) is 15.7. The molecule has 9 heteroatoms. The van der Waals surface area contributed by atoms with Crippen molar-refractivity contribution in [3.8, 4) is 5.69 Å². The van der Waals surface area contributed by atoms with Crippen LogP contribution in [0.5, 0.6) is 0 Å². The van der Waals surface area contributed by atoms with Gasteiger partial charge in [-0.2, -0.15) is 18.3 Å². The fourth-order valence-corrected chi connectivity index (χ4v) is 3.31. The zero-order chi connectivity index (χ0) is 23.3. The summed E-state index contributed by atoms with van der Waals surface area (Å²) in [5.41, 5.74) is -0.126. The maximum Gasteiger partial charge on any atom is 0.434 e. The zero-order valence-electron chi connectivity index (χ0n) is 17.7. The van der Waals surface area contributed by atoms with E-state index < -0.39 is 35.8 Å². The van der Waals surface area contributed by atoms with Crippen LogP contribution in [0, 0.1) is 6.92 Å². The number of carbonyl (C=O) groups is 2. The Morgan fingerprint density at radius 1 is 1.06 bits per heavy atom. The van der Waals surface area contributed by atoms with Gasteiger partial charge in [0.05, 0.1) is 24.0 Å². The van der Waals surface area contributed by atoms with Crippen molar-refractivity contribution in [2.45, 2.75) is 26.6 Å². The molecule has 0 aliphatic rings. The van der Waals surface area contributed by atoms with Crippen LogP contribution in [0.25, 0.3) is 5.69 Å². The molecule has 3 aromatic rings. The molecule has 2 aromatic carbocycles. The van der Waals surface area contributed by atoms with E-state index >= 15 is 0 Å². The van der Waals surface area contributed by atoms with Gasteiger partial charge in [-0.1, -0.05) is 48.5 Å². The van der Waals surface area contributed by atoms with E-state index in [2.05, 4.69) is 10.4 Å². The van der Waals surface area contributed by atoms with Gasteiger partial charge in [-0.05, 0) is 31.0 Å². The van der Waals surface area contributed by atoms with Crippen molar-refractivity contribution < 1.29 is 22.8 Å². The summed E-state index contributed by atoms with van der Waals surface area (Å²) in [6.07, 6.45) is -3.95. The first-order chi connectivity index (χ1) is 15.2. The van der Waals surface area contributed by atoms with Gasteiger partial charge >= 0.3 is 6.18 Å². The molecule has 0 atom stereocenters. The molecule has 0 aliphatic heterocycles. The molecule has 0 saturated heterocycles. The lowest BCUT2D eigenvalue weighted by atomic mass is 10.1. The van der Waals surface area contributed by atoms with Crippen LogP contribution in [0.1, 0.15) is 34.1 Å². The van der Waals surface area contributed by atoms with E-state index in [-0.39, 0.29) is 5.69 Å². The van der Waals surface area contributed by atoms with Crippen molar-refractivity contribution in [3.05, 3.63) is 83.2 Å². The summed E-state index contributed by atoms with van der Waals surface area (Å²) in [6.45, 7) is 3.75. The molecule has 0 fully saturated rings. The maximum atomic E-state index is 13.8. The Morgan fingerprint density at radius 2 is 1.72 bits per heavy atom. The second kappa shape index (κ2) is 9.67. The van der Waals surface area contributed by atoms with Gasteiger partial charge in [-0.25, -0.2) is 4.68 Å². The van der Waals surface area contributed by atoms with Crippen molar-refractivity contribution in [2.75, 3.05) is 13.1 Å². The number of alkyl halides is 3. The molecule has 0 aliphatic carbocycles. The van der Waals surface area contributed by atoms with Crippen LogP contribution in [0.15, 0.2) is 60.8 Å². The fraction of sp³-hybridized carbons (Fsp3) is 0.261. The second-order valence-electron chi connectivity index (χ2n) is 7.18. The topological polar surface area (TPSA) is 67.2 Å². The minimum Gasteiger partial charge on any atom is -0.343 e. The fourth-order valence-electron chi connectivity index (χ4n) is 3.31. The van der Waals surface area contributed by atoms with Crippen LogP contribution >= 0.6 is 0 Å².